The second-order valence-electron chi connectivity index (χ2n) is 6.49. The Morgan fingerprint density at radius 3 is 2.67 bits per heavy atom. The number of carbonyl (C=O) groups is 1. The highest BCUT2D eigenvalue weighted by atomic mass is 127. The first-order valence-electron chi connectivity index (χ1n) is 8.78. The molecule has 2 aromatic rings. The normalized spacial score (nSPS) is 12.1. The average molecular weight is 500 g/mol. The number of rotatable bonds is 7. The standard InChI is InChI=1S/C20H28N4OS.HI/c1-15(18-9-11-26-14-18)13-23-20(21-2)22-10-8-16-6-5-7-17(12-16)19(25)24(3)4;/h5-7,9,11-12,14-15H,8,10,13H2,1-4H3,(H2,21,22,23);1H. The first-order chi connectivity index (χ1) is 12.5. The third-order valence-corrected chi connectivity index (χ3v) is 4.90. The van der Waals surface area contributed by atoms with Crippen molar-refractivity contribution in [3.05, 3.63) is 57.8 Å². The van der Waals surface area contributed by atoms with Gasteiger partial charge in [-0.05, 0) is 52.4 Å². The fourth-order valence-corrected chi connectivity index (χ4v) is 3.37. The number of benzene rings is 1. The Hall–Kier alpha value is -1.61. The summed E-state index contributed by atoms with van der Waals surface area (Å²) < 4.78 is 0. The molecule has 0 radical (unpaired) electrons. The van der Waals surface area contributed by atoms with Crippen LogP contribution < -0.4 is 10.6 Å². The molecule has 27 heavy (non-hydrogen) atoms. The van der Waals surface area contributed by atoms with Gasteiger partial charge in [0.1, 0.15) is 0 Å². The summed E-state index contributed by atoms with van der Waals surface area (Å²) in [4.78, 5) is 17.9. The molecule has 0 spiro atoms. The molecule has 0 aliphatic rings. The third-order valence-electron chi connectivity index (χ3n) is 4.20. The minimum atomic E-state index is 0. The minimum absolute atomic E-state index is 0. The molecule has 0 aliphatic carbocycles. The van der Waals surface area contributed by atoms with Gasteiger partial charge in [-0.1, -0.05) is 19.1 Å². The highest BCUT2D eigenvalue weighted by Gasteiger charge is 2.09. The summed E-state index contributed by atoms with van der Waals surface area (Å²) in [6.07, 6.45) is 0.829. The zero-order chi connectivity index (χ0) is 18.9. The molecule has 2 rings (SSSR count). The van der Waals surface area contributed by atoms with Crippen LogP contribution in [0.4, 0.5) is 0 Å². The van der Waals surface area contributed by atoms with Gasteiger partial charge >= 0.3 is 0 Å². The number of aliphatic imine (C=N–C) groups is 1. The number of hydrogen-bond acceptors (Lipinski definition) is 3. The molecule has 0 fully saturated rings. The second kappa shape index (κ2) is 12.0. The monoisotopic (exact) mass is 500 g/mol. The number of carbonyl (C=O) groups excluding carboxylic acids is 1. The first kappa shape index (κ1) is 23.4. The van der Waals surface area contributed by atoms with E-state index in [1.165, 1.54) is 5.56 Å². The molecular formula is C20H29IN4OS. The summed E-state index contributed by atoms with van der Waals surface area (Å²) in [6.45, 7) is 3.80. The number of nitrogens with zero attached hydrogens (tertiary/aromatic N) is 2. The molecule has 0 saturated heterocycles. The third kappa shape index (κ3) is 7.50. The van der Waals surface area contributed by atoms with Crippen LogP contribution in [-0.2, 0) is 6.42 Å². The smallest absolute Gasteiger partial charge is 0.253 e. The topological polar surface area (TPSA) is 56.7 Å². The van der Waals surface area contributed by atoms with Crippen LogP contribution in [0.1, 0.15) is 34.3 Å². The van der Waals surface area contributed by atoms with Crippen LogP contribution in [0, 0.1) is 0 Å². The fourth-order valence-electron chi connectivity index (χ4n) is 2.59. The van der Waals surface area contributed by atoms with Crippen molar-refractivity contribution in [2.24, 2.45) is 4.99 Å². The van der Waals surface area contributed by atoms with Gasteiger partial charge in [-0.15, -0.1) is 24.0 Å². The summed E-state index contributed by atoms with van der Waals surface area (Å²) in [7, 11) is 5.31. The highest BCUT2D eigenvalue weighted by Crippen LogP contribution is 2.16. The Bertz CT molecular complexity index is 731. The number of thiophene rings is 1. The van der Waals surface area contributed by atoms with Crippen molar-refractivity contribution >= 4 is 47.2 Å². The van der Waals surface area contributed by atoms with E-state index in [0.717, 1.165) is 36.6 Å². The van der Waals surface area contributed by atoms with E-state index >= 15 is 0 Å². The van der Waals surface area contributed by atoms with Crippen molar-refractivity contribution in [1.82, 2.24) is 15.5 Å². The van der Waals surface area contributed by atoms with Crippen molar-refractivity contribution in [3.8, 4) is 0 Å². The quantitative estimate of drug-likeness (QED) is 0.347. The van der Waals surface area contributed by atoms with Gasteiger partial charge in [0.05, 0.1) is 0 Å². The molecule has 7 heteroatoms. The highest BCUT2D eigenvalue weighted by molar-refractivity contribution is 14.0. The van der Waals surface area contributed by atoms with Crippen LogP contribution in [0.5, 0.6) is 0 Å². The minimum Gasteiger partial charge on any atom is -0.356 e. The molecule has 0 bridgehead atoms. The van der Waals surface area contributed by atoms with Crippen LogP contribution >= 0.6 is 35.3 Å². The maximum absolute atomic E-state index is 12.1. The summed E-state index contributed by atoms with van der Waals surface area (Å²) in [5.41, 5.74) is 3.20. The Balaban J connectivity index is 0.00000364. The number of halogens is 1. The van der Waals surface area contributed by atoms with Crippen LogP contribution in [0.15, 0.2) is 46.1 Å². The average Bonchev–Trinajstić information content (AvgIpc) is 3.18. The van der Waals surface area contributed by atoms with E-state index in [9.17, 15) is 4.79 Å². The Morgan fingerprint density at radius 2 is 2.04 bits per heavy atom. The number of hydrogen-bond donors (Lipinski definition) is 2. The second-order valence-corrected chi connectivity index (χ2v) is 7.27. The van der Waals surface area contributed by atoms with Gasteiger partial charge in [-0.3, -0.25) is 9.79 Å². The maximum atomic E-state index is 12.1. The lowest BCUT2D eigenvalue weighted by atomic mass is 10.1. The lowest BCUT2D eigenvalue weighted by molar-refractivity contribution is 0.0827. The van der Waals surface area contributed by atoms with Gasteiger partial charge in [0.2, 0.25) is 0 Å². The number of nitrogens with one attached hydrogen (secondary N) is 2. The van der Waals surface area contributed by atoms with E-state index in [2.05, 4.69) is 39.4 Å². The molecular weight excluding hydrogens is 471 g/mol. The molecule has 5 nitrogen and oxygen atoms in total. The van der Waals surface area contributed by atoms with Gasteiger partial charge in [0.15, 0.2) is 5.96 Å². The number of guanidine groups is 1. The van der Waals surface area contributed by atoms with Gasteiger partial charge in [-0.2, -0.15) is 11.3 Å². The molecule has 2 N–H and O–H groups in total. The van der Waals surface area contributed by atoms with Crippen molar-refractivity contribution in [3.63, 3.8) is 0 Å². The van der Waals surface area contributed by atoms with Crippen molar-refractivity contribution < 1.29 is 4.79 Å². The molecule has 0 aliphatic heterocycles. The van der Waals surface area contributed by atoms with Gasteiger partial charge < -0.3 is 15.5 Å². The molecule has 1 aromatic carbocycles. The Kier molecular flexibility index (Phi) is 10.4. The van der Waals surface area contributed by atoms with Crippen LogP contribution in [0.25, 0.3) is 0 Å². The maximum Gasteiger partial charge on any atom is 0.253 e. The van der Waals surface area contributed by atoms with E-state index in [-0.39, 0.29) is 29.9 Å². The molecule has 0 saturated carbocycles. The van der Waals surface area contributed by atoms with Crippen LogP contribution in [-0.4, -0.2) is 51.0 Å². The summed E-state index contributed by atoms with van der Waals surface area (Å²) in [5.74, 6) is 1.26. The van der Waals surface area contributed by atoms with E-state index in [0.29, 0.717) is 5.92 Å². The molecule has 148 valence electrons. The summed E-state index contributed by atoms with van der Waals surface area (Å²) in [6, 6.07) is 9.95. The van der Waals surface area contributed by atoms with Crippen molar-refractivity contribution in [1.29, 1.82) is 0 Å². The van der Waals surface area contributed by atoms with Crippen molar-refractivity contribution in [2.45, 2.75) is 19.3 Å². The summed E-state index contributed by atoms with van der Waals surface area (Å²) >= 11 is 1.72. The Labute approximate surface area is 183 Å². The predicted molar refractivity (Wildman–Crippen MR) is 126 cm³/mol. The lowest BCUT2D eigenvalue weighted by Crippen LogP contribution is -2.39. The van der Waals surface area contributed by atoms with E-state index in [4.69, 9.17) is 0 Å². The van der Waals surface area contributed by atoms with Gasteiger partial charge in [-0.25, -0.2) is 0 Å². The molecule has 1 unspecified atom stereocenters. The van der Waals surface area contributed by atoms with Gasteiger partial charge in [0.25, 0.3) is 5.91 Å². The molecule has 1 aromatic heterocycles. The number of amides is 1. The Morgan fingerprint density at radius 1 is 1.26 bits per heavy atom. The first-order valence-corrected chi connectivity index (χ1v) is 9.72. The molecule has 1 atom stereocenters. The van der Waals surface area contributed by atoms with Gasteiger partial charge in [0, 0.05) is 39.8 Å². The zero-order valence-corrected chi connectivity index (χ0v) is 19.5. The zero-order valence-electron chi connectivity index (χ0n) is 16.4. The van der Waals surface area contributed by atoms with Crippen molar-refractivity contribution in [2.75, 3.05) is 34.2 Å². The SMILES string of the molecule is CN=C(NCCc1cccc(C(=O)N(C)C)c1)NCC(C)c1ccsc1.I. The predicted octanol–water partition coefficient (Wildman–Crippen LogP) is 3.58. The van der Waals surface area contributed by atoms with Crippen LogP contribution in [0.2, 0.25) is 0 Å². The lowest BCUT2D eigenvalue weighted by Gasteiger charge is -2.16. The summed E-state index contributed by atoms with van der Waals surface area (Å²) in [5, 5.41) is 11.0. The van der Waals surface area contributed by atoms with E-state index in [1.54, 1.807) is 37.4 Å². The van der Waals surface area contributed by atoms with E-state index in [1.807, 2.05) is 24.3 Å². The molecule has 1 amide bonds. The van der Waals surface area contributed by atoms with Crippen LogP contribution in [0.3, 0.4) is 0 Å². The fraction of sp³-hybridized carbons (Fsp3) is 0.400. The van der Waals surface area contributed by atoms with E-state index < -0.39 is 0 Å². The molecule has 1 heterocycles. The largest absolute Gasteiger partial charge is 0.356 e.